The van der Waals surface area contributed by atoms with Crippen molar-refractivity contribution in [3.8, 4) is 0 Å². The SMILES string of the molecule is CC(C)N(C)CCNc1scnc1C(=O)O. The molecule has 0 radical (unpaired) electrons. The Labute approximate surface area is 99.1 Å². The highest BCUT2D eigenvalue weighted by Gasteiger charge is 2.13. The molecule has 0 amide bonds. The zero-order valence-electron chi connectivity index (χ0n) is 9.73. The van der Waals surface area contributed by atoms with E-state index in [1.165, 1.54) is 16.8 Å². The van der Waals surface area contributed by atoms with Gasteiger partial charge in [0, 0.05) is 19.1 Å². The van der Waals surface area contributed by atoms with Crippen molar-refractivity contribution in [3.05, 3.63) is 11.2 Å². The molecule has 0 atom stereocenters. The first-order valence-corrected chi connectivity index (χ1v) is 6.01. The number of nitrogens with one attached hydrogen (secondary N) is 1. The van der Waals surface area contributed by atoms with Crippen LogP contribution in [0, 0.1) is 0 Å². The molecule has 0 aliphatic carbocycles. The molecule has 90 valence electrons. The zero-order valence-corrected chi connectivity index (χ0v) is 10.5. The van der Waals surface area contributed by atoms with Crippen LogP contribution in [-0.2, 0) is 0 Å². The molecular weight excluding hydrogens is 226 g/mol. The van der Waals surface area contributed by atoms with Gasteiger partial charge >= 0.3 is 5.97 Å². The molecule has 1 aromatic heterocycles. The van der Waals surface area contributed by atoms with Crippen molar-refractivity contribution in [2.24, 2.45) is 0 Å². The van der Waals surface area contributed by atoms with Crippen molar-refractivity contribution >= 4 is 22.3 Å². The predicted octanol–water partition coefficient (Wildman–Crippen LogP) is 1.59. The van der Waals surface area contributed by atoms with Crippen molar-refractivity contribution in [2.45, 2.75) is 19.9 Å². The van der Waals surface area contributed by atoms with Crippen molar-refractivity contribution in [1.29, 1.82) is 0 Å². The maximum atomic E-state index is 10.8. The number of aromatic carboxylic acids is 1. The molecule has 0 saturated carbocycles. The van der Waals surface area contributed by atoms with Crippen LogP contribution in [0.1, 0.15) is 24.3 Å². The monoisotopic (exact) mass is 243 g/mol. The summed E-state index contributed by atoms with van der Waals surface area (Å²) in [5.41, 5.74) is 1.65. The standard InChI is InChI=1S/C10H17N3O2S/c1-7(2)13(3)5-4-11-9-8(10(14)15)12-6-16-9/h6-7,11H,4-5H2,1-3H3,(H,14,15). The second-order valence-electron chi connectivity index (χ2n) is 3.84. The number of likely N-dealkylation sites (N-methyl/N-ethyl adjacent to an activating group) is 1. The Balaban J connectivity index is 2.43. The molecule has 1 aromatic rings. The van der Waals surface area contributed by atoms with Gasteiger partial charge in [0.2, 0.25) is 0 Å². The van der Waals surface area contributed by atoms with Gasteiger partial charge in [0.05, 0.1) is 5.51 Å². The lowest BCUT2D eigenvalue weighted by Crippen LogP contribution is -2.31. The predicted molar refractivity (Wildman–Crippen MR) is 65.3 cm³/mol. The smallest absolute Gasteiger partial charge is 0.357 e. The van der Waals surface area contributed by atoms with Crippen LogP contribution in [0.3, 0.4) is 0 Å². The number of carboxylic acids is 1. The lowest BCUT2D eigenvalue weighted by molar-refractivity contribution is 0.0692. The number of hydrogen-bond acceptors (Lipinski definition) is 5. The molecule has 6 heteroatoms. The van der Waals surface area contributed by atoms with Crippen LogP contribution in [0.5, 0.6) is 0 Å². The van der Waals surface area contributed by atoms with E-state index in [-0.39, 0.29) is 5.69 Å². The number of nitrogens with zero attached hydrogens (tertiary/aromatic N) is 2. The molecule has 0 unspecified atom stereocenters. The van der Waals surface area contributed by atoms with Crippen LogP contribution in [-0.4, -0.2) is 47.1 Å². The van der Waals surface area contributed by atoms with E-state index in [9.17, 15) is 4.79 Å². The molecule has 0 bridgehead atoms. The minimum absolute atomic E-state index is 0.109. The first-order chi connectivity index (χ1) is 7.52. The van der Waals surface area contributed by atoms with Crippen molar-refractivity contribution in [1.82, 2.24) is 9.88 Å². The normalized spacial score (nSPS) is 11.1. The van der Waals surface area contributed by atoms with Crippen molar-refractivity contribution in [3.63, 3.8) is 0 Å². The fourth-order valence-corrected chi connectivity index (χ4v) is 1.83. The van der Waals surface area contributed by atoms with Crippen LogP contribution in [0.2, 0.25) is 0 Å². The maximum absolute atomic E-state index is 10.8. The lowest BCUT2D eigenvalue weighted by Gasteiger charge is -2.20. The molecule has 0 fully saturated rings. The third-order valence-electron chi connectivity index (χ3n) is 2.40. The van der Waals surface area contributed by atoms with E-state index in [1.807, 2.05) is 7.05 Å². The highest BCUT2D eigenvalue weighted by molar-refractivity contribution is 7.14. The summed E-state index contributed by atoms with van der Waals surface area (Å²) in [4.78, 5) is 16.8. The van der Waals surface area contributed by atoms with E-state index in [1.54, 1.807) is 0 Å². The Morgan fingerprint density at radius 3 is 2.94 bits per heavy atom. The van der Waals surface area contributed by atoms with E-state index >= 15 is 0 Å². The Morgan fingerprint density at radius 1 is 1.69 bits per heavy atom. The molecule has 0 spiro atoms. The van der Waals surface area contributed by atoms with Crippen LogP contribution < -0.4 is 5.32 Å². The molecule has 0 saturated heterocycles. The van der Waals surface area contributed by atoms with E-state index in [0.29, 0.717) is 11.0 Å². The summed E-state index contributed by atoms with van der Waals surface area (Å²) in [5.74, 6) is -0.985. The van der Waals surface area contributed by atoms with Gasteiger partial charge in [-0.05, 0) is 20.9 Å². The largest absolute Gasteiger partial charge is 0.476 e. The fourth-order valence-electron chi connectivity index (χ4n) is 1.13. The molecule has 2 N–H and O–H groups in total. The van der Waals surface area contributed by atoms with Gasteiger partial charge in [-0.2, -0.15) is 0 Å². The number of aromatic nitrogens is 1. The summed E-state index contributed by atoms with van der Waals surface area (Å²) in [6.45, 7) is 5.83. The van der Waals surface area contributed by atoms with E-state index in [4.69, 9.17) is 5.11 Å². The summed E-state index contributed by atoms with van der Waals surface area (Å²) in [5, 5.41) is 12.6. The molecule has 1 heterocycles. The second-order valence-corrected chi connectivity index (χ2v) is 4.69. The molecule has 0 aromatic carbocycles. The number of rotatable bonds is 6. The molecule has 0 aliphatic rings. The number of carboxylic acid groups (broad SMARTS) is 1. The summed E-state index contributed by atoms with van der Waals surface area (Å²) in [6, 6.07) is 0.488. The molecular formula is C10H17N3O2S. The summed E-state index contributed by atoms with van der Waals surface area (Å²) in [7, 11) is 2.04. The number of anilines is 1. The van der Waals surface area contributed by atoms with Gasteiger partial charge in [0.25, 0.3) is 0 Å². The second kappa shape index (κ2) is 5.81. The minimum Gasteiger partial charge on any atom is -0.476 e. The number of hydrogen-bond donors (Lipinski definition) is 2. The van der Waals surface area contributed by atoms with Crippen LogP contribution in [0.4, 0.5) is 5.00 Å². The summed E-state index contributed by atoms with van der Waals surface area (Å²) < 4.78 is 0. The summed E-state index contributed by atoms with van der Waals surface area (Å²) >= 11 is 1.32. The molecule has 0 aliphatic heterocycles. The van der Waals surface area contributed by atoms with Gasteiger partial charge < -0.3 is 15.3 Å². The minimum atomic E-state index is -0.985. The van der Waals surface area contributed by atoms with Gasteiger partial charge in [-0.25, -0.2) is 9.78 Å². The first kappa shape index (κ1) is 12.9. The average molecular weight is 243 g/mol. The lowest BCUT2D eigenvalue weighted by atomic mass is 10.3. The van der Waals surface area contributed by atoms with Gasteiger partial charge in [0.1, 0.15) is 5.00 Å². The third kappa shape index (κ3) is 3.46. The highest BCUT2D eigenvalue weighted by atomic mass is 32.1. The number of thiazole rings is 1. The quantitative estimate of drug-likeness (QED) is 0.794. The highest BCUT2D eigenvalue weighted by Crippen LogP contribution is 2.19. The van der Waals surface area contributed by atoms with Crippen LogP contribution in [0.25, 0.3) is 0 Å². The molecule has 1 rings (SSSR count). The van der Waals surface area contributed by atoms with Gasteiger partial charge in [-0.15, -0.1) is 11.3 Å². The van der Waals surface area contributed by atoms with Gasteiger partial charge in [-0.1, -0.05) is 0 Å². The molecule has 5 nitrogen and oxygen atoms in total. The van der Waals surface area contributed by atoms with Crippen LogP contribution in [0.15, 0.2) is 5.51 Å². The van der Waals surface area contributed by atoms with E-state index in [0.717, 1.165) is 13.1 Å². The summed E-state index contributed by atoms with van der Waals surface area (Å²) in [6.07, 6.45) is 0. The van der Waals surface area contributed by atoms with Crippen LogP contribution >= 0.6 is 11.3 Å². The Morgan fingerprint density at radius 2 is 2.38 bits per heavy atom. The van der Waals surface area contributed by atoms with Crippen molar-refractivity contribution < 1.29 is 9.90 Å². The number of carbonyl (C=O) groups is 1. The molecule has 16 heavy (non-hydrogen) atoms. The van der Waals surface area contributed by atoms with Gasteiger partial charge in [-0.3, -0.25) is 0 Å². The van der Waals surface area contributed by atoms with E-state index < -0.39 is 5.97 Å². The fraction of sp³-hybridized carbons (Fsp3) is 0.600. The van der Waals surface area contributed by atoms with Gasteiger partial charge in [0.15, 0.2) is 5.69 Å². The van der Waals surface area contributed by atoms with E-state index in [2.05, 4.69) is 29.0 Å². The average Bonchev–Trinajstić information content (AvgIpc) is 2.65. The Hall–Kier alpha value is -1.14. The van der Waals surface area contributed by atoms with Crippen molar-refractivity contribution in [2.75, 3.05) is 25.5 Å². The topological polar surface area (TPSA) is 65.5 Å². The Bertz CT molecular complexity index is 352. The third-order valence-corrected chi connectivity index (χ3v) is 3.19. The zero-order chi connectivity index (χ0) is 12.1. The maximum Gasteiger partial charge on any atom is 0.357 e. The Kier molecular flexibility index (Phi) is 4.70. The first-order valence-electron chi connectivity index (χ1n) is 5.13.